The van der Waals surface area contributed by atoms with Crippen LogP contribution in [0.15, 0.2) is 48.0 Å². The van der Waals surface area contributed by atoms with E-state index in [-0.39, 0.29) is 16.9 Å². The summed E-state index contributed by atoms with van der Waals surface area (Å²) in [5.74, 6) is -0.385. The van der Waals surface area contributed by atoms with Gasteiger partial charge in [0.05, 0.1) is 32.4 Å². The fraction of sp³-hybridized carbons (Fsp3) is 0.385. The van der Waals surface area contributed by atoms with Crippen LogP contribution in [-0.4, -0.2) is 74.6 Å². The van der Waals surface area contributed by atoms with Crippen molar-refractivity contribution in [2.75, 3.05) is 48.0 Å². The highest BCUT2D eigenvalue weighted by molar-refractivity contribution is 6.46. The van der Waals surface area contributed by atoms with Crippen molar-refractivity contribution in [2.45, 2.75) is 19.4 Å². The number of aliphatic hydroxyl groups is 1. The van der Waals surface area contributed by atoms with E-state index >= 15 is 0 Å². The molecule has 1 N–H and O–H groups in total. The molecule has 0 aromatic heterocycles. The van der Waals surface area contributed by atoms with E-state index in [1.54, 1.807) is 30.3 Å². The summed E-state index contributed by atoms with van der Waals surface area (Å²) in [6.07, 6.45) is 0.882. The Morgan fingerprint density at radius 3 is 2.18 bits per heavy atom. The number of ketones is 1. The zero-order valence-corrected chi connectivity index (χ0v) is 20.3. The van der Waals surface area contributed by atoms with E-state index in [1.807, 2.05) is 38.1 Å². The summed E-state index contributed by atoms with van der Waals surface area (Å²) in [7, 11) is 6.72. The minimum atomic E-state index is -0.769. The summed E-state index contributed by atoms with van der Waals surface area (Å²) in [6.45, 7) is 3.49. The van der Waals surface area contributed by atoms with E-state index in [2.05, 4.69) is 0 Å². The standard InChI is InChI=1S/C26H32N2O6/c1-6-16-34-18-12-10-17(11-13-18)23-22(25(30)26(31)28(23)15-14-27(2)3)24(29)21-19(32-4)8-7-9-20(21)33-5/h7-13,23,29H,6,14-16H2,1-5H3/b24-22+. The van der Waals surface area contributed by atoms with E-state index in [0.717, 1.165) is 6.42 Å². The molecule has 1 saturated heterocycles. The molecule has 1 aliphatic heterocycles. The number of nitrogens with zero attached hydrogens (tertiary/aromatic N) is 2. The van der Waals surface area contributed by atoms with Crippen molar-refractivity contribution in [2.24, 2.45) is 0 Å². The van der Waals surface area contributed by atoms with Gasteiger partial charge in [-0.15, -0.1) is 0 Å². The average Bonchev–Trinajstić information content (AvgIpc) is 3.10. The lowest BCUT2D eigenvalue weighted by atomic mass is 9.94. The first-order chi connectivity index (χ1) is 16.3. The monoisotopic (exact) mass is 468 g/mol. The normalized spacial score (nSPS) is 17.4. The number of methoxy groups -OCH3 is 2. The van der Waals surface area contributed by atoms with Crippen molar-refractivity contribution >= 4 is 17.4 Å². The molecule has 1 aliphatic rings. The molecular weight excluding hydrogens is 436 g/mol. The molecule has 0 saturated carbocycles. The lowest BCUT2D eigenvalue weighted by Gasteiger charge is -2.27. The minimum absolute atomic E-state index is 0.00576. The molecule has 0 radical (unpaired) electrons. The first kappa shape index (κ1) is 25.1. The second-order valence-corrected chi connectivity index (χ2v) is 8.25. The number of carbonyl (C=O) groups excluding carboxylic acids is 2. The number of ether oxygens (including phenoxy) is 3. The van der Waals surface area contributed by atoms with Crippen molar-refractivity contribution in [3.8, 4) is 17.2 Å². The first-order valence-electron chi connectivity index (χ1n) is 11.2. The third-order valence-electron chi connectivity index (χ3n) is 5.66. The summed E-state index contributed by atoms with van der Waals surface area (Å²) in [4.78, 5) is 29.8. The number of rotatable bonds is 10. The van der Waals surface area contributed by atoms with E-state index < -0.39 is 17.7 Å². The molecule has 1 atom stereocenters. The highest BCUT2D eigenvalue weighted by Gasteiger charge is 2.46. The maximum Gasteiger partial charge on any atom is 0.295 e. The topological polar surface area (TPSA) is 88.5 Å². The Bertz CT molecular complexity index is 1040. The number of benzene rings is 2. The van der Waals surface area contributed by atoms with Gasteiger partial charge in [-0.3, -0.25) is 9.59 Å². The quantitative estimate of drug-likeness (QED) is 0.324. The summed E-state index contributed by atoms with van der Waals surface area (Å²) >= 11 is 0. The summed E-state index contributed by atoms with van der Waals surface area (Å²) in [5, 5.41) is 11.4. The van der Waals surface area contributed by atoms with Gasteiger partial charge in [-0.05, 0) is 50.3 Å². The number of likely N-dealkylation sites (N-methyl/N-ethyl adjacent to an activating group) is 1. The Hall–Kier alpha value is -3.52. The van der Waals surface area contributed by atoms with Crippen LogP contribution in [0.5, 0.6) is 17.2 Å². The molecule has 1 fully saturated rings. The van der Waals surface area contributed by atoms with Crippen molar-refractivity contribution in [3.63, 3.8) is 0 Å². The molecule has 2 aromatic carbocycles. The zero-order chi connectivity index (χ0) is 24.8. The number of amides is 1. The number of aliphatic hydroxyl groups excluding tert-OH is 1. The van der Waals surface area contributed by atoms with Crippen LogP contribution >= 0.6 is 0 Å². The van der Waals surface area contributed by atoms with Gasteiger partial charge in [0.1, 0.15) is 28.6 Å². The van der Waals surface area contributed by atoms with Crippen LogP contribution in [0.2, 0.25) is 0 Å². The summed E-state index contributed by atoms with van der Waals surface area (Å²) < 4.78 is 16.5. The van der Waals surface area contributed by atoms with Gasteiger partial charge in [0.2, 0.25) is 0 Å². The molecule has 0 bridgehead atoms. The molecule has 8 heteroatoms. The van der Waals surface area contributed by atoms with Gasteiger partial charge in [0, 0.05) is 13.1 Å². The third kappa shape index (κ3) is 5.02. The minimum Gasteiger partial charge on any atom is -0.506 e. The first-order valence-corrected chi connectivity index (χ1v) is 11.2. The summed E-state index contributed by atoms with van der Waals surface area (Å²) in [5.41, 5.74) is 0.914. The van der Waals surface area contributed by atoms with Gasteiger partial charge in [0.15, 0.2) is 0 Å². The lowest BCUT2D eigenvalue weighted by molar-refractivity contribution is -0.140. The molecule has 34 heavy (non-hydrogen) atoms. The fourth-order valence-corrected chi connectivity index (χ4v) is 3.95. The zero-order valence-electron chi connectivity index (χ0n) is 20.3. The van der Waals surface area contributed by atoms with Gasteiger partial charge in [-0.25, -0.2) is 0 Å². The third-order valence-corrected chi connectivity index (χ3v) is 5.66. The Morgan fingerprint density at radius 2 is 1.65 bits per heavy atom. The van der Waals surface area contributed by atoms with Crippen LogP contribution < -0.4 is 14.2 Å². The van der Waals surface area contributed by atoms with E-state index in [0.29, 0.717) is 42.5 Å². The Morgan fingerprint density at radius 1 is 1.03 bits per heavy atom. The molecule has 8 nitrogen and oxygen atoms in total. The van der Waals surface area contributed by atoms with Gasteiger partial charge in [-0.1, -0.05) is 25.1 Å². The Labute approximate surface area is 200 Å². The summed E-state index contributed by atoms with van der Waals surface area (Å²) in [6, 6.07) is 11.5. The molecule has 0 aliphatic carbocycles. The second kappa shape index (κ2) is 11.1. The average molecular weight is 469 g/mol. The Balaban J connectivity index is 2.17. The number of Topliss-reactive ketones (excluding diaryl/α,β-unsaturated/α-hetero) is 1. The molecule has 0 spiro atoms. The smallest absolute Gasteiger partial charge is 0.295 e. The van der Waals surface area contributed by atoms with E-state index in [4.69, 9.17) is 14.2 Å². The Kier molecular flexibility index (Phi) is 8.17. The lowest BCUT2D eigenvalue weighted by Crippen LogP contribution is -2.35. The van der Waals surface area contributed by atoms with Crippen molar-refractivity contribution in [1.29, 1.82) is 0 Å². The van der Waals surface area contributed by atoms with Gasteiger partial charge < -0.3 is 29.1 Å². The number of likely N-dealkylation sites (tertiary alicyclic amines) is 1. The largest absolute Gasteiger partial charge is 0.506 e. The van der Waals surface area contributed by atoms with E-state index in [1.165, 1.54) is 19.1 Å². The van der Waals surface area contributed by atoms with Gasteiger partial charge in [0.25, 0.3) is 11.7 Å². The maximum atomic E-state index is 13.2. The highest BCUT2D eigenvalue weighted by atomic mass is 16.5. The van der Waals surface area contributed by atoms with Crippen molar-refractivity contribution in [3.05, 3.63) is 59.2 Å². The molecule has 2 aromatic rings. The van der Waals surface area contributed by atoms with Crippen LogP contribution in [0.4, 0.5) is 0 Å². The fourth-order valence-electron chi connectivity index (χ4n) is 3.95. The number of carbonyl (C=O) groups is 2. The van der Waals surface area contributed by atoms with Crippen LogP contribution in [-0.2, 0) is 9.59 Å². The van der Waals surface area contributed by atoms with Crippen molar-refractivity contribution in [1.82, 2.24) is 9.80 Å². The van der Waals surface area contributed by atoms with E-state index in [9.17, 15) is 14.7 Å². The molecule has 1 unspecified atom stereocenters. The molecule has 182 valence electrons. The SMILES string of the molecule is CCCOc1ccc(C2/C(=C(\O)c3c(OC)cccc3OC)C(=O)C(=O)N2CCN(C)C)cc1. The van der Waals surface area contributed by atoms with Gasteiger partial charge >= 0.3 is 0 Å². The van der Waals surface area contributed by atoms with Crippen LogP contribution in [0.25, 0.3) is 5.76 Å². The highest BCUT2D eigenvalue weighted by Crippen LogP contribution is 2.43. The van der Waals surface area contributed by atoms with Gasteiger partial charge in [-0.2, -0.15) is 0 Å². The number of hydrogen-bond donors (Lipinski definition) is 1. The number of hydrogen-bond acceptors (Lipinski definition) is 7. The maximum absolute atomic E-state index is 13.2. The van der Waals surface area contributed by atoms with Crippen LogP contribution in [0, 0.1) is 0 Å². The molecule has 1 amide bonds. The molecule has 1 heterocycles. The predicted octanol–water partition coefficient (Wildman–Crippen LogP) is 3.48. The van der Waals surface area contributed by atoms with Crippen LogP contribution in [0.3, 0.4) is 0 Å². The molecular formula is C26H32N2O6. The van der Waals surface area contributed by atoms with Crippen molar-refractivity contribution < 1.29 is 28.9 Å². The van der Waals surface area contributed by atoms with Crippen LogP contribution in [0.1, 0.15) is 30.5 Å². The predicted molar refractivity (Wildman–Crippen MR) is 129 cm³/mol. The molecule has 3 rings (SSSR count). The second-order valence-electron chi connectivity index (χ2n) is 8.25.